The van der Waals surface area contributed by atoms with E-state index in [4.69, 9.17) is 4.74 Å². The Morgan fingerprint density at radius 3 is 2.33 bits per heavy atom. The van der Waals surface area contributed by atoms with E-state index in [1.807, 2.05) is 0 Å². The van der Waals surface area contributed by atoms with Crippen molar-refractivity contribution in [3.05, 3.63) is 0 Å². The zero-order valence-corrected chi connectivity index (χ0v) is 11.2. The number of carbonyl (C=O) groups is 2. The molecular formula is C14H23NO3. The van der Waals surface area contributed by atoms with E-state index in [0.717, 1.165) is 51.5 Å². The molecule has 18 heavy (non-hydrogen) atoms. The van der Waals surface area contributed by atoms with Gasteiger partial charge in [0.2, 0.25) is 5.91 Å². The van der Waals surface area contributed by atoms with Crippen molar-refractivity contribution in [1.29, 1.82) is 0 Å². The standard InChI is InChI=1S/C14H23NO3/c1-18-14(17)12-9-5-6-10-15(12)13(16)11-7-3-2-4-8-11/h11-12H,2-10H2,1H3/t12-/m1/s1. The molecule has 0 spiro atoms. The highest BCUT2D eigenvalue weighted by Gasteiger charge is 2.36. The zero-order chi connectivity index (χ0) is 13.0. The van der Waals surface area contributed by atoms with Gasteiger partial charge in [-0.25, -0.2) is 4.79 Å². The maximum absolute atomic E-state index is 12.5. The number of esters is 1. The van der Waals surface area contributed by atoms with E-state index in [9.17, 15) is 9.59 Å². The monoisotopic (exact) mass is 253 g/mol. The molecule has 1 aliphatic heterocycles. The van der Waals surface area contributed by atoms with E-state index in [1.165, 1.54) is 13.5 Å². The first-order valence-corrected chi connectivity index (χ1v) is 7.12. The minimum absolute atomic E-state index is 0.143. The zero-order valence-electron chi connectivity index (χ0n) is 11.2. The molecule has 2 aliphatic rings. The number of ether oxygens (including phenoxy) is 1. The van der Waals surface area contributed by atoms with E-state index in [1.54, 1.807) is 4.90 Å². The molecule has 0 aromatic carbocycles. The molecule has 102 valence electrons. The number of carbonyl (C=O) groups excluding carboxylic acids is 2. The third-order valence-corrected chi connectivity index (χ3v) is 4.21. The van der Waals surface area contributed by atoms with Crippen LogP contribution in [0.3, 0.4) is 0 Å². The molecule has 0 aromatic heterocycles. The van der Waals surface area contributed by atoms with Crippen LogP contribution in [0.4, 0.5) is 0 Å². The van der Waals surface area contributed by atoms with E-state index < -0.39 is 0 Å². The molecule has 1 amide bonds. The van der Waals surface area contributed by atoms with Crippen molar-refractivity contribution in [3.63, 3.8) is 0 Å². The summed E-state index contributed by atoms with van der Waals surface area (Å²) in [5, 5.41) is 0. The van der Waals surface area contributed by atoms with Crippen molar-refractivity contribution in [1.82, 2.24) is 4.90 Å². The van der Waals surface area contributed by atoms with Crippen LogP contribution in [0, 0.1) is 5.92 Å². The van der Waals surface area contributed by atoms with Gasteiger partial charge < -0.3 is 9.64 Å². The molecule has 4 nitrogen and oxygen atoms in total. The van der Waals surface area contributed by atoms with Crippen molar-refractivity contribution in [2.45, 2.75) is 57.4 Å². The summed E-state index contributed by atoms with van der Waals surface area (Å²) in [7, 11) is 1.40. The summed E-state index contributed by atoms with van der Waals surface area (Å²) >= 11 is 0. The molecule has 1 saturated carbocycles. The predicted molar refractivity (Wildman–Crippen MR) is 67.9 cm³/mol. The molecule has 1 aliphatic carbocycles. The van der Waals surface area contributed by atoms with Gasteiger partial charge in [0.25, 0.3) is 0 Å². The molecule has 0 N–H and O–H groups in total. The third-order valence-electron chi connectivity index (χ3n) is 4.21. The van der Waals surface area contributed by atoms with Crippen molar-refractivity contribution in [3.8, 4) is 0 Å². The number of methoxy groups -OCH3 is 1. The maximum Gasteiger partial charge on any atom is 0.328 e. The van der Waals surface area contributed by atoms with Gasteiger partial charge >= 0.3 is 5.97 Å². The number of hydrogen-bond donors (Lipinski definition) is 0. The van der Waals surface area contributed by atoms with E-state index >= 15 is 0 Å². The molecule has 1 heterocycles. The fourth-order valence-corrected chi connectivity index (χ4v) is 3.16. The predicted octanol–water partition coefficient (Wildman–Crippen LogP) is 2.12. The Morgan fingerprint density at radius 1 is 1.00 bits per heavy atom. The second-order valence-electron chi connectivity index (χ2n) is 5.40. The first-order valence-electron chi connectivity index (χ1n) is 7.12. The smallest absolute Gasteiger partial charge is 0.328 e. The molecule has 0 unspecified atom stereocenters. The maximum atomic E-state index is 12.5. The largest absolute Gasteiger partial charge is 0.467 e. The lowest BCUT2D eigenvalue weighted by atomic mass is 9.87. The Kier molecular flexibility index (Phi) is 4.61. The Labute approximate surface area is 109 Å². The summed E-state index contributed by atoms with van der Waals surface area (Å²) in [5.41, 5.74) is 0. The SMILES string of the molecule is COC(=O)[C@H]1CCCCN1C(=O)C1CCCCC1. The molecule has 4 heteroatoms. The quantitative estimate of drug-likeness (QED) is 0.708. The number of nitrogens with zero attached hydrogens (tertiary/aromatic N) is 1. The fraction of sp³-hybridized carbons (Fsp3) is 0.857. The van der Waals surface area contributed by atoms with E-state index in [2.05, 4.69) is 0 Å². The normalized spacial score (nSPS) is 25.8. The number of rotatable bonds is 2. The summed E-state index contributed by atoms with van der Waals surface area (Å²) in [6.07, 6.45) is 8.28. The van der Waals surface area contributed by atoms with Crippen LogP contribution in [0.25, 0.3) is 0 Å². The average Bonchev–Trinajstić information content (AvgIpc) is 2.46. The summed E-state index contributed by atoms with van der Waals surface area (Å²) in [4.78, 5) is 26.0. The fourth-order valence-electron chi connectivity index (χ4n) is 3.16. The first kappa shape index (κ1) is 13.4. The van der Waals surface area contributed by atoms with Gasteiger partial charge in [0.1, 0.15) is 6.04 Å². The molecule has 0 aromatic rings. The highest BCUT2D eigenvalue weighted by Crippen LogP contribution is 2.28. The second kappa shape index (κ2) is 6.21. The van der Waals surface area contributed by atoms with Crippen molar-refractivity contribution >= 4 is 11.9 Å². The number of hydrogen-bond acceptors (Lipinski definition) is 3. The Morgan fingerprint density at radius 2 is 1.67 bits per heavy atom. The minimum Gasteiger partial charge on any atom is -0.467 e. The molecule has 2 fully saturated rings. The van der Waals surface area contributed by atoms with Crippen LogP contribution in [0.2, 0.25) is 0 Å². The summed E-state index contributed by atoms with van der Waals surface area (Å²) in [6.45, 7) is 0.717. The Hall–Kier alpha value is -1.06. The third kappa shape index (κ3) is 2.85. The topological polar surface area (TPSA) is 46.6 Å². The highest BCUT2D eigenvalue weighted by molar-refractivity contribution is 5.86. The Bertz CT molecular complexity index is 310. The van der Waals surface area contributed by atoms with Gasteiger partial charge in [-0.1, -0.05) is 19.3 Å². The van der Waals surface area contributed by atoms with Crippen LogP contribution in [0.1, 0.15) is 51.4 Å². The number of likely N-dealkylation sites (tertiary alicyclic amines) is 1. The van der Waals surface area contributed by atoms with Crippen LogP contribution in [0.15, 0.2) is 0 Å². The molecule has 1 saturated heterocycles. The molecule has 1 atom stereocenters. The lowest BCUT2D eigenvalue weighted by Crippen LogP contribution is -2.50. The van der Waals surface area contributed by atoms with E-state index in [0.29, 0.717) is 0 Å². The highest BCUT2D eigenvalue weighted by atomic mass is 16.5. The minimum atomic E-state index is -0.335. The lowest BCUT2D eigenvalue weighted by molar-refractivity contribution is -0.156. The molecular weight excluding hydrogens is 230 g/mol. The van der Waals surface area contributed by atoms with Gasteiger partial charge in [-0.3, -0.25) is 4.79 Å². The van der Waals surface area contributed by atoms with Crippen LogP contribution >= 0.6 is 0 Å². The van der Waals surface area contributed by atoms with Crippen LogP contribution < -0.4 is 0 Å². The van der Waals surface area contributed by atoms with Crippen LogP contribution in [-0.4, -0.2) is 36.5 Å². The summed E-state index contributed by atoms with van der Waals surface area (Å²) in [5.74, 6) is 0.0765. The number of piperidine rings is 1. The van der Waals surface area contributed by atoms with E-state index in [-0.39, 0.29) is 23.8 Å². The van der Waals surface area contributed by atoms with Crippen molar-refractivity contribution in [2.75, 3.05) is 13.7 Å². The molecule has 0 radical (unpaired) electrons. The molecule has 0 bridgehead atoms. The van der Waals surface area contributed by atoms with Crippen LogP contribution in [-0.2, 0) is 14.3 Å². The lowest BCUT2D eigenvalue weighted by Gasteiger charge is -2.37. The van der Waals surface area contributed by atoms with Gasteiger partial charge in [-0.15, -0.1) is 0 Å². The average molecular weight is 253 g/mol. The van der Waals surface area contributed by atoms with Crippen molar-refractivity contribution < 1.29 is 14.3 Å². The second-order valence-corrected chi connectivity index (χ2v) is 5.40. The van der Waals surface area contributed by atoms with Crippen molar-refractivity contribution in [2.24, 2.45) is 5.92 Å². The van der Waals surface area contributed by atoms with Gasteiger partial charge in [-0.05, 0) is 32.1 Å². The van der Waals surface area contributed by atoms with Gasteiger partial charge in [0, 0.05) is 12.5 Å². The first-order chi connectivity index (χ1) is 8.74. The summed E-state index contributed by atoms with van der Waals surface area (Å²) < 4.78 is 4.82. The molecule has 2 rings (SSSR count). The van der Waals surface area contributed by atoms with Crippen LogP contribution in [0.5, 0.6) is 0 Å². The Balaban J connectivity index is 2.03. The van der Waals surface area contributed by atoms with Gasteiger partial charge in [-0.2, -0.15) is 0 Å². The summed E-state index contributed by atoms with van der Waals surface area (Å²) in [6, 6.07) is -0.335. The van der Waals surface area contributed by atoms with Gasteiger partial charge in [0.05, 0.1) is 7.11 Å². The number of amides is 1. The van der Waals surface area contributed by atoms with Gasteiger partial charge in [0.15, 0.2) is 0 Å².